The molecule has 0 saturated carbocycles. The summed E-state index contributed by atoms with van der Waals surface area (Å²) in [5, 5.41) is 14.9. The highest BCUT2D eigenvalue weighted by atomic mass is 32.1. The van der Waals surface area contributed by atoms with Crippen molar-refractivity contribution in [1.29, 1.82) is 0 Å². The molecule has 2 N–H and O–H groups in total. The van der Waals surface area contributed by atoms with E-state index in [-0.39, 0.29) is 6.61 Å². The summed E-state index contributed by atoms with van der Waals surface area (Å²) in [7, 11) is 0. The van der Waals surface area contributed by atoms with Crippen LogP contribution in [0.1, 0.15) is 0 Å². The lowest BCUT2D eigenvalue weighted by atomic mass is 10.4. The Hall–Kier alpha value is -0.910. The van der Waals surface area contributed by atoms with E-state index in [0.29, 0.717) is 18.3 Å². The van der Waals surface area contributed by atoms with Gasteiger partial charge in [0.25, 0.3) is 5.19 Å². The van der Waals surface area contributed by atoms with Crippen molar-refractivity contribution in [3.63, 3.8) is 0 Å². The molecule has 0 spiro atoms. The molecule has 0 aliphatic heterocycles. The zero-order chi connectivity index (χ0) is 10.2. The maximum atomic E-state index is 9.43. The highest BCUT2D eigenvalue weighted by molar-refractivity contribution is 7.11. The fourth-order valence-electron chi connectivity index (χ4n) is 0.860. The molecule has 0 radical (unpaired) electrons. The fraction of sp³-hybridized carbons (Fsp3) is 0.444. The molecule has 1 heterocycles. The van der Waals surface area contributed by atoms with Crippen LogP contribution >= 0.6 is 11.3 Å². The minimum atomic E-state index is -0.515. The second-order valence-electron chi connectivity index (χ2n) is 2.71. The number of hydrogen-bond acceptors (Lipinski definition) is 5. The zero-order valence-electron chi connectivity index (χ0n) is 7.85. The van der Waals surface area contributed by atoms with Crippen LogP contribution in [0.25, 0.3) is 0 Å². The van der Waals surface area contributed by atoms with Gasteiger partial charge in [0, 0.05) is 24.7 Å². The lowest BCUT2D eigenvalue weighted by molar-refractivity contribution is 0.107. The summed E-state index contributed by atoms with van der Waals surface area (Å²) in [6.07, 6.45) is 2.90. The number of aliphatic hydroxyl groups excluding tert-OH is 1. The normalized spacial score (nSPS) is 12.4. The first-order chi connectivity index (χ1) is 6.83. The molecule has 14 heavy (non-hydrogen) atoms. The van der Waals surface area contributed by atoms with Crippen molar-refractivity contribution in [3.8, 4) is 5.19 Å². The quantitative estimate of drug-likeness (QED) is 0.517. The third-order valence-corrected chi connectivity index (χ3v) is 2.16. The molecule has 5 heteroatoms. The summed E-state index contributed by atoms with van der Waals surface area (Å²) >= 11 is 1.41. The molecule has 0 bridgehead atoms. The largest absolute Gasteiger partial charge is 0.467 e. The van der Waals surface area contributed by atoms with E-state index in [4.69, 9.17) is 4.74 Å². The van der Waals surface area contributed by atoms with E-state index in [9.17, 15) is 5.11 Å². The van der Waals surface area contributed by atoms with Crippen molar-refractivity contribution in [2.24, 2.45) is 0 Å². The fourth-order valence-corrected chi connectivity index (χ4v) is 1.36. The minimum absolute atomic E-state index is 0.262. The summed E-state index contributed by atoms with van der Waals surface area (Å²) in [6, 6.07) is 0. The smallest absolute Gasteiger partial charge is 0.273 e. The Morgan fingerprint density at radius 1 is 1.79 bits per heavy atom. The predicted molar refractivity (Wildman–Crippen MR) is 56.7 cm³/mol. The average molecular weight is 214 g/mol. The van der Waals surface area contributed by atoms with Gasteiger partial charge < -0.3 is 15.2 Å². The Labute approximate surface area is 87.2 Å². The lowest BCUT2D eigenvalue weighted by Crippen LogP contribution is -2.31. The van der Waals surface area contributed by atoms with Crippen LogP contribution in [0, 0.1) is 0 Å². The van der Waals surface area contributed by atoms with Gasteiger partial charge in [0.2, 0.25) is 0 Å². The molecule has 0 aliphatic carbocycles. The molecular formula is C9H14N2O2S. The standard InChI is InChI=1S/C9H14N2O2S/c1-2-3-10-6-8(12)7-13-9-11-4-5-14-9/h2,4-5,8,10,12H,1,3,6-7H2. The molecule has 1 atom stereocenters. The molecule has 1 aromatic heterocycles. The van der Waals surface area contributed by atoms with Gasteiger partial charge in [0.15, 0.2) is 0 Å². The number of rotatable bonds is 7. The van der Waals surface area contributed by atoms with E-state index >= 15 is 0 Å². The number of ether oxygens (including phenoxy) is 1. The van der Waals surface area contributed by atoms with Crippen molar-refractivity contribution in [1.82, 2.24) is 10.3 Å². The topological polar surface area (TPSA) is 54.4 Å². The van der Waals surface area contributed by atoms with Crippen LogP contribution in [0.2, 0.25) is 0 Å². The van der Waals surface area contributed by atoms with Gasteiger partial charge in [0.05, 0.1) is 0 Å². The molecule has 1 aromatic rings. The molecule has 0 amide bonds. The maximum Gasteiger partial charge on any atom is 0.273 e. The Morgan fingerprint density at radius 3 is 3.29 bits per heavy atom. The zero-order valence-corrected chi connectivity index (χ0v) is 8.67. The van der Waals surface area contributed by atoms with E-state index in [0.717, 1.165) is 0 Å². The Morgan fingerprint density at radius 2 is 2.64 bits per heavy atom. The van der Waals surface area contributed by atoms with E-state index in [2.05, 4.69) is 16.9 Å². The third-order valence-electron chi connectivity index (χ3n) is 1.48. The second-order valence-corrected chi connectivity index (χ2v) is 3.57. The number of nitrogens with zero attached hydrogens (tertiary/aromatic N) is 1. The van der Waals surface area contributed by atoms with Crippen molar-refractivity contribution >= 4 is 11.3 Å². The number of aliphatic hydroxyl groups is 1. The number of aromatic nitrogens is 1. The number of hydrogen-bond donors (Lipinski definition) is 2. The first-order valence-corrected chi connectivity index (χ1v) is 5.23. The number of thiazole rings is 1. The van der Waals surface area contributed by atoms with E-state index in [1.165, 1.54) is 11.3 Å². The monoisotopic (exact) mass is 214 g/mol. The minimum Gasteiger partial charge on any atom is -0.467 e. The maximum absolute atomic E-state index is 9.43. The predicted octanol–water partition coefficient (Wildman–Crippen LogP) is 0.658. The van der Waals surface area contributed by atoms with E-state index in [1.807, 2.05) is 5.38 Å². The van der Waals surface area contributed by atoms with Gasteiger partial charge in [-0.2, -0.15) is 0 Å². The van der Waals surface area contributed by atoms with Crippen molar-refractivity contribution < 1.29 is 9.84 Å². The van der Waals surface area contributed by atoms with Gasteiger partial charge in [-0.25, -0.2) is 4.98 Å². The van der Waals surface area contributed by atoms with E-state index < -0.39 is 6.10 Å². The highest BCUT2D eigenvalue weighted by Crippen LogP contribution is 2.13. The summed E-state index contributed by atoms with van der Waals surface area (Å²) in [5.41, 5.74) is 0. The van der Waals surface area contributed by atoms with Crippen LogP contribution in [0.3, 0.4) is 0 Å². The van der Waals surface area contributed by atoms with Crippen molar-refractivity contribution in [3.05, 3.63) is 24.2 Å². The van der Waals surface area contributed by atoms with Crippen LogP contribution in [0.5, 0.6) is 5.19 Å². The van der Waals surface area contributed by atoms with Gasteiger partial charge in [-0.15, -0.1) is 6.58 Å². The first-order valence-electron chi connectivity index (χ1n) is 4.35. The highest BCUT2D eigenvalue weighted by Gasteiger charge is 2.04. The van der Waals surface area contributed by atoms with Crippen molar-refractivity contribution in [2.75, 3.05) is 19.7 Å². The molecule has 78 valence electrons. The van der Waals surface area contributed by atoms with Crippen LogP contribution in [-0.4, -0.2) is 35.9 Å². The molecule has 4 nitrogen and oxygen atoms in total. The molecular weight excluding hydrogens is 200 g/mol. The van der Waals surface area contributed by atoms with Crippen LogP contribution < -0.4 is 10.1 Å². The Bertz CT molecular complexity index is 251. The number of nitrogens with one attached hydrogen (secondary N) is 1. The molecule has 1 unspecified atom stereocenters. The molecule has 0 aliphatic rings. The van der Waals surface area contributed by atoms with Gasteiger partial charge >= 0.3 is 0 Å². The van der Waals surface area contributed by atoms with Gasteiger partial charge in [0.1, 0.15) is 12.7 Å². The second kappa shape index (κ2) is 6.53. The Kier molecular flexibility index (Phi) is 5.21. The lowest BCUT2D eigenvalue weighted by Gasteiger charge is -2.10. The van der Waals surface area contributed by atoms with Crippen LogP contribution in [0.4, 0.5) is 0 Å². The van der Waals surface area contributed by atoms with E-state index in [1.54, 1.807) is 12.3 Å². The van der Waals surface area contributed by atoms with Crippen LogP contribution in [-0.2, 0) is 0 Å². The van der Waals surface area contributed by atoms with Gasteiger partial charge in [-0.3, -0.25) is 0 Å². The molecule has 0 fully saturated rings. The van der Waals surface area contributed by atoms with Gasteiger partial charge in [-0.05, 0) is 0 Å². The summed E-state index contributed by atoms with van der Waals surface area (Å²) in [4.78, 5) is 3.93. The molecule has 0 saturated heterocycles. The SMILES string of the molecule is C=CCNCC(O)COc1nccs1. The van der Waals surface area contributed by atoms with Crippen LogP contribution in [0.15, 0.2) is 24.2 Å². The first kappa shape index (κ1) is 11.2. The molecule has 0 aromatic carbocycles. The molecule has 1 rings (SSSR count). The van der Waals surface area contributed by atoms with Gasteiger partial charge in [-0.1, -0.05) is 17.4 Å². The summed E-state index contributed by atoms with van der Waals surface area (Å²) in [6.45, 7) is 5.01. The van der Waals surface area contributed by atoms with Crippen molar-refractivity contribution in [2.45, 2.75) is 6.10 Å². The summed E-state index contributed by atoms with van der Waals surface area (Å²) < 4.78 is 5.23. The average Bonchev–Trinajstić information content (AvgIpc) is 2.68. The Balaban J connectivity index is 2.08. The summed E-state index contributed by atoms with van der Waals surface area (Å²) in [5.74, 6) is 0. The third kappa shape index (κ3) is 4.36.